The van der Waals surface area contributed by atoms with E-state index in [2.05, 4.69) is 40.2 Å². The summed E-state index contributed by atoms with van der Waals surface area (Å²) in [5.41, 5.74) is 4.08. The first-order valence-electron chi connectivity index (χ1n) is 9.48. The third kappa shape index (κ3) is 3.07. The number of fused-ring (bicyclic) bond motifs is 2. The van der Waals surface area contributed by atoms with Gasteiger partial charge in [-0.1, -0.05) is 0 Å². The van der Waals surface area contributed by atoms with Gasteiger partial charge in [-0.2, -0.15) is 0 Å². The van der Waals surface area contributed by atoms with Gasteiger partial charge in [0.15, 0.2) is 5.82 Å². The smallest absolute Gasteiger partial charge is 0.165 e. The number of pyridine rings is 1. The predicted octanol–water partition coefficient (Wildman–Crippen LogP) is 5.99. The van der Waals surface area contributed by atoms with Crippen molar-refractivity contribution in [3.63, 3.8) is 0 Å². The molecule has 4 heterocycles. The summed E-state index contributed by atoms with van der Waals surface area (Å²) < 4.78 is 15.8. The monoisotopic (exact) mass is 412 g/mol. The Morgan fingerprint density at radius 2 is 2.14 bits per heavy atom. The van der Waals surface area contributed by atoms with E-state index in [1.807, 2.05) is 23.7 Å². The maximum Gasteiger partial charge on any atom is 0.165 e. The highest BCUT2D eigenvalue weighted by Crippen LogP contribution is 2.41. The highest BCUT2D eigenvalue weighted by Gasteiger charge is 2.28. The molecule has 0 amide bonds. The third-order valence-electron chi connectivity index (χ3n) is 5.80. The minimum atomic E-state index is -0.330. The Balaban J connectivity index is 1.54. The highest BCUT2D eigenvalue weighted by molar-refractivity contribution is 7.18. The number of thiazole rings is 1. The standard InChI is InChI=1S/C21H21FN4S2/c1-12-14(4-3-7-26(12)2)19-9-15-20(16(22)10-23-21(15)28-19)25-13-5-6-18-17(8-13)24-11-27-18/h5-6,8-12,14H,3-4,7H2,1-2H3,(H,23,25)/t12-,14+/m0/s1. The zero-order chi connectivity index (χ0) is 19.3. The van der Waals surface area contributed by atoms with E-state index in [0.29, 0.717) is 17.6 Å². The molecule has 144 valence electrons. The lowest BCUT2D eigenvalue weighted by molar-refractivity contribution is 0.176. The van der Waals surface area contributed by atoms with Gasteiger partial charge in [0.1, 0.15) is 4.83 Å². The van der Waals surface area contributed by atoms with Crippen molar-refractivity contribution in [2.75, 3.05) is 18.9 Å². The van der Waals surface area contributed by atoms with Crippen molar-refractivity contribution < 1.29 is 4.39 Å². The number of likely N-dealkylation sites (N-methyl/N-ethyl adjacent to an activating group) is 1. The van der Waals surface area contributed by atoms with E-state index in [-0.39, 0.29) is 5.82 Å². The molecule has 1 aliphatic rings. The summed E-state index contributed by atoms with van der Waals surface area (Å²) in [5.74, 6) is 0.143. The molecule has 0 saturated carbocycles. The summed E-state index contributed by atoms with van der Waals surface area (Å²) in [6, 6.07) is 8.57. The zero-order valence-electron chi connectivity index (χ0n) is 15.8. The minimum absolute atomic E-state index is 0.330. The van der Waals surface area contributed by atoms with E-state index < -0.39 is 0 Å². The third-order valence-corrected chi connectivity index (χ3v) is 7.79. The molecule has 0 radical (unpaired) electrons. The molecule has 3 aromatic heterocycles. The summed E-state index contributed by atoms with van der Waals surface area (Å²) in [6.07, 6.45) is 3.69. The number of benzene rings is 1. The fourth-order valence-electron chi connectivity index (χ4n) is 4.07. The summed E-state index contributed by atoms with van der Waals surface area (Å²) in [4.78, 5) is 13.3. The summed E-state index contributed by atoms with van der Waals surface area (Å²) in [5, 5.41) is 4.14. The summed E-state index contributed by atoms with van der Waals surface area (Å²) >= 11 is 3.29. The van der Waals surface area contributed by atoms with Gasteiger partial charge in [-0.05, 0) is 57.6 Å². The van der Waals surface area contributed by atoms with Crippen LogP contribution in [0, 0.1) is 5.82 Å². The van der Waals surface area contributed by atoms with Crippen molar-refractivity contribution in [3.8, 4) is 0 Å². The van der Waals surface area contributed by atoms with E-state index in [9.17, 15) is 4.39 Å². The van der Waals surface area contributed by atoms with Gasteiger partial charge in [0.2, 0.25) is 0 Å². The zero-order valence-corrected chi connectivity index (χ0v) is 17.4. The van der Waals surface area contributed by atoms with Crippen LogP contribution in [0.2, 0.25) is 0 Å². The van der Waals surface area contributed by atoms with Crippen LogP contribution in [-0.4, -0.2) is 34.5 Å². The molecule has 1 saturated heterocycles. The largest absolute Gasteiger partial charge is 0.352 e. The molecule has 4 nitrogen and oxygen atoms in total. The quantitative estimate of drug-likeness (QED) is 0.449. The second-order valence-corrected chi connectivity index (χ2v) is 9.43. The summed E-state index contributed by atoms with van der Waals surface area (Å²) in [7, 11) is 2.18. The van der Waals surface area contributed by atoms with Crippen molar-refractivity contribution >= 4 is 54.5 Å². The maximum absolute atomic E-state index is 14.7. The number of hydrogen-bond donors (Lipinski definition) is 1. The molecule has 1 aliphatic heterocycles. The van der Waals surface area contributed by atoms with Crippen LogP contribution in [0.3, 0.4) is 0 Å². The number of rotatable bonds is 3. The molecule has 0 spiro atoms. The molecule has 0 bridgehead atoms. The second-order valence-electron chi connectivity index (χ2n) is 7.48. The average Bonchev–Trinajstić information content (AvgIpc) is 3.32. The van der Waals surface area contributed by atoms with Gasteiger partial charge in [-0.15, -0.1) is 22.7 Å². The van der Waals surface area contributed by atoms with Crippen molar-refractivity contribution in [1.29, 1.82) is 0 Å². The van der Waals surface area contributed by atoms with Crippen LogP contribution < -0.4 is 5.32 Å². The Morgan fingerprint density at radius 3 is 3.04 bits per heavy atom. The first kappa shape index (κ1) is 18.0. The van der Waals surface area contributed by atoms with Gasteiger partial charge in [-0.3, -0.25) is 0 Å². The van der Waals surface area contributed by atoms with Crippen LogP contribution in [0.15, 0.2) is 36.0 Å². The Morgan fingerprint density at radius 1 is 1.25 bits per heavy atom. The Labute approximate surface area is 171 Å². The number of piperidine rings is 1. The lowest BCUT2D eigenvalue weighted by Gasteiger charge is -2.36. The molecule has 0 aliphatic carbocycles. The van der Waals surface area contributed by atoms with Crippen molar-refractivity contribution in [1.82, 2.24) is 14.9 Å². The maximum atomic E-state index is 14.7. The number of likely N-dealkylation sites (tertiary alicyclic amines) is 1. The Bertz CT molecular complexity index is 1150. The van der Waals surface area contributed by atoms with Crippen molar-refractivity contribution in [2.24, 2.45) is 0 Å². The lowest BCUT2D eigenvalue weighted by Crippen LogP contribution is -2.38. The average molecular weight is 413 g/mol. The van der Waals surface area contributed by atoms with Gasteiger partial charge < -0.3 is 10.2 Å². The normalized spacial score (nSPS) is 20.8. The molecular formula is C21H21FN4S2. The van der Waals surface area contributed by atoms with Crippen LogP contribution in [0.5, 0.6) is 0 Å². The SMILES string of the molecule is C[C@H]1[C@H](c2cc3c(Nc4ccc5scnc5c4)c(F)cnc3s2)CCCN1C. The lowest BCUT2D eigenvalue weighted by atomic mass is 9.89. The van der Waals surface area contributed by atoms with Crippen molar-refractivity contribution in [3.05, 3.63) is 46.7 Å². The molecule has 1 N–H and O–H groups in total. The predicted molar refractivity (Wildman–Crippen MR) is 117 cm³/mol. The molecular weight excluding hydrogens is 391 g/mol. The number of nitrogens with one attached hydrogen (secondary N) is 1. The molecule has 5 rings (SSSR count). The summed E-state index contributed by atoms with van der Waals surface area (Å²) in [6.45, 7) is 3.42. The van der Waals surface area contributed by atoms with Crippen molar-refractivity contribution in [2.45, 2.75) is 31.7 Å². The molecule has 0 unspecified atom stereocenters. The highest BCUT2D eigenvalue weighted by atomic mass is 32.1. The number of anilines is 2. The van der Waals surface area contributed by atoms with Crippen LogP contribution in [-0.2, 0) is 0 Å². The van der Waals surface area contributed by atoms with E-state index in [0.717, 1.165) is 32.7 Å². The number of halogens is 1. The van der Waals surface area contributed by atoms with Gasteiger partial charge in [0, 0.05) is 27.9 Å². The topological polar surface area (TPSA) is 41.1 Å². The first-order chi connectivity index (χ1) is 13.6. The molecule has 4 aromatic rings. The van der Waals surface area contributed by atoms with Crippen LogP contribution >= 0.6 is 22.7 Å². The van der Waals surface area contributed by atoms with Crippen LogP contribution in [0.25, 0.3) is 20.4 Å². The van der Waals surface area contributed by atoms with Gasteiger partial charge >= 0.3 is 0 Å². The van der Waals surface area contributed by atoms with Crippen LogP contribution in [0.1, 0.15) is 30.6 Å². The number of aromatic nitrogens is 2. The van der Waals surface area contributed by atoms with Crippen LogP contribution in [0.4, 0.5) is 15.8 Å². The molecule has 1 aromatic carbocycles. The fraction of sp³-hybridized carbons (Fsp3) is 0.333. The molecule has 7 heteroatoms. The van der Waals surface area contributed by atoms with Gasteiger partial charge in [-0.25, -0.2) is 14.4 Å². The number of nitrogens with zero attached hydrogens (tertiary/aromatic N) is 3. The molecule has 2 atom stereocenters. The number of thiophene rings is 1. The Kier molecular flexibility index (Phi) is 4.53. The van der Waals surface area contributed by atoms with E-state index in [1.54, 1.807) is 22.7 Å². The second kappa shape index (κ2) is 7.06. The molecule has 1 fully saturated rings. The number of hydrogen-bond acceptors (Lipinski definition) is 6. The van der Waals surface area contributed by atoms with E-state index >= 15 is 0 Å². The Hall–Kier alpha value is -2.09. The van der Waals surface area contributed by atoms with E-state index in [4.69, 9.17) is 0 Å². The van der Waals surface area contributed by atoms with E-state index in [1.165, 1.54) is 23.9 Å². The van der Waals surface area contributed by atoms with Gasteiger partial charge in [0.05, 0.1) is 27.6 Å². The van der Waals surface area contributed by atoms with Gasteiger partial charge in [0.25, 0.3) is 0 Å². The first-order valence-corrected chi connectivity index (χ1v) is 11.2. The fourth-order valence-corrected chi connectivity index (χ4v) is 5.97. The minimum Gasteiger partial charge on any atom is -0.352 e. The molecule has 28 heavy (non-hydrogen) atoms.